The lowest BCUT2D eigenvalue weighted by atomic mass is 10.00. The number of nitrogens with one attached hydrogen (secondary N) is 1. The summed E-state index contributed by atoms with van der Waals surface area (Å²) < 4.78 is 5.26. The first kappa shape index (κ1) is 12.5. The van der Waals surface area contributed by atoms with Crippen LogP contribution in [0.25, 0.3) is 0 Å². The zero-order valence-corrected chi connectivity index (χ0v) is 9.50. The van der Waals surface area contributed by atoms with E-state index in [9.17, 15) is 4.79 Å². The molecule has 1 saturated heterocycles. The van der Waals surface area contributed by atoms with E-state index in [1.54, 1.807) is 0 Å². The molecule has 0 spiro atoms. The molecule has 0 radical (unpaired) electrons. The van der Waals surface area contributed by atoms with Crippen LogP contribution in [0.2, 0.25) is 0 Å². The Hall–Kier alpha value is -0.610. The van der Waals surface area contributed by atoms with Gasteiger partial charge in [0.25, 0.3) is 0 Å². The van der Waals surface area contributed by atoms with E-state index in [0.29, 0.717) is 18.9 Å². The first-order valence-corrected chi connectivity index (χ1v) is 5.77. The van der Waals surface area contributed by atoms with E-state index in [-0.39, 0.29) is 11.8 Å². The van der Waals surface area contributed by atoms with Gasteiger partial charge in [0.1, 0.15) is 0 Å². The number of hydrogen-bond donors (Lipinski definition) is 2. The van der Waals surface area contributed by atoms with E-state index in [4.69, 9.17) is 10.5 Å². The minimum atomic E-state index is 0.124. The van der Waals surface area contributed by atoms with Crippen LogP contribution in [-0.2, 0) is 9.53 Å². The van der Waals surface area contributed by atoms with Gasteiger partial charge < -0.3 is 15.8 Å². The maximum absolute atomic E-state index is 11.5. The Bertz CT molecular complexity index is 191. The van der Waals surface area contributed by atoms with E-state index in [1.807, 2.05) is 6.92 Å². The second kappa shape index (κ2) is 6.80. The number of hydrogen-bond acceptors (Lipinski definition) is 3. The van der Waals surface area contributed by atoms with Crippen molar-refractivity contribution in [1.29, 1.82) is 0 Å². The number of carbonyl (C=O) groups excluding carboxylic acids is 1. The van der Waals surface area contributed by atoms with Crippen LogP contribution < -0.4 is 11.1 Å². The van der Waals surface area contributed by atoms with E-state index in [1.165, 1.54) is 0 Å². The molecule has 1 aliphatic heterocycles. The van der Waals surface area contributed by atoms with Crippen LogP contribution in [0.15, 0.2) is 0 Å². The summed E-state index contributed by atoms with van der Waals surface area (Å²) in [5, 5.41) is 2.97. The summed E-state index contributed by atoms with van der Waals surface area (Å²) in [6.07, 6.45) is 2.67. The third-order valence-corrected chi connectivity index (χ3v) is 2.87. The monoisotopic (exact) mass is 214 g/mol. The molecule has 0 bridgehead atoms. The van der Waals surface area contributed by atoms with Crippen molar-refractivity contribution < 1.29 is 9.53 Å². The maximum atomic E-state index is 11.5. The minimum absolute atomic E-state index is 0.124. The van der Waals surface area contributed by atoms with E-state index in [0.717, 1.165) is 32.6 Å². The Balaban J connectivity index is 2.10. The fourth-order valence-electron chi connectivity index (χ4n) is 1.68. The fraction of sp³-hybridized carbons (Fsp3) is 0.909. The number of rotatable bonds is 5. The van der Waals surface area contributed by atoms with E-state index < -0.39 is 0 Å². The van der Waals surface area contributed by atoms with E-state index in [2.05, 4.69) is 5.32 Å². The highest BCUT2D eigenvalue weighted by atomic mass is 16.5. The Morgan fingerprint density at radius 3 is 2.80 bits per heavy atom. The highest BCUT2D eigenvalue weighted by Gasteiger charge is 2.15. The smallest absolute Gasteiger partial charge is 0.220 e. The van der Waals surface area contributed by atoms with Crippen LogP contribution in [0.5, 0.6) is 0 Å². The highest BCUT2D eigenvalue weighted by molar-refractivity contribution is 5.76. The van der Waals surface area contributed by atoms with Gasteiger partial charge in [-0.1, -0.05) is 6.92 Å². The average Bonchev–Trinajstić information content (AvgIpc) is 2.27. The predicted octanol–water partition coefficient (Wildman–Crippen LogP) is 0.514. The third-order valence-electron chi connectivity index (χ3n) is 2.87. The Labute approximate surface area is 91.5 Å². The molecule has 3 N–H and O–H groups in total. The standard InChI is InChI=1S/C11H22N2O2/c1-9(7-12)6-11(14)13-8-10-2-4-15-5-3-10/h9-10H,2-8,12H2,1H3,(H,13,14). The molecule has 0 aromatic rings. The number of nitrogens with two attached hydrogens (primary N) is 1. The SMILES string of the molecule is CC(CN)CC(=O)NCC1CCOCC1. The quantitative estimate of drug-likeness (QED) is 0.701. The van der Waals surface area contributed by atoms with Crippen LogP contribution >= 0.6 is 0 Å². The molecule has 1 aliphatic rings. The molecule has 1 heterocycles. The zero-order chi connectivity index (χ0) is 11.1. The lowest BCUT2D eigenvalue weighted by Crippen LogP contribution is -2.33. The van der Waals surface area contributed by atoms with Crippen molar-refractivity contribution in [3.8, 4) is 0 Å². The summed E-state index contributed by atoms with van der Waals surface area (Å²) in [5.74, 6) is 0.995. The van der Waals surface area contributed by atoms with Gasteiger partial charge in [-0.3, -0.25) is 4.79 Å². The molecule has 1 atom stereocenters. The van der Waals surface area contributed by atoms with Gasteiger partial charge in [-0.2, -0.15) is 0 Å². The van der Waals surface area contributed by atoms with Crippen LogP contribution in [0.4, 0.5) is 0 Å². The van der Waals surface area contributed by atoms with Crippen molar-refractivity contribution in [2.75, 3.05) is 26.3 Å². The first-order valence-electron chi connectivity index (χ1n) is 5.77. The lowest BCUT2D eigenvalue weighted by molar-refractivity contribution is -0.122. The van der Waals surface area contributed by atoms with Gasteiger partial charge in [-0.05, 0) is 31.2 Å². The molecule has 4 nitrogen and oxygen atoms in total. The van der Waals surface area contributed by atoms with Crippen LogP contribution in [0, 0.1) is 11.8 Å². The molecule has 15 heavy (non-hydrogen) atoms. The van der Waals surface area contributed by atoms with Crippen molar-refractivity contribution >= 4 is 5.91 Å². The summed E-state index contributed by atoms with van der Waals surface area (Å²) in [5.41, 5.74) is 5.46. The van der Waals surface area contributed by atoms with Gasteiger partial charge in [-0.15, -0.1) is 0 Å². The maximum Gasteiger partial charge on any atom is 0.220 e. The second-order valence-electron chi connectivity index (χ2n) is 4.40. The van der Waals surface area contributed by atoms with Crippen LogP contribution in [0.1, 0.15) is 26.2 Å². The van der Waals surface area contributed by atoms with Crippen LogP contribution in [0.3, 0.4) is 0 Å². The second-order valence-corrected chi connectivity index (χ2v) is 4.40. The summed E-state index contributed by atoms with van der Waals surface area (Å²) in [6.45, 7) is 5.03. The number of amides is 1. The fourth-order valence-corrected chi connectivity index (χ4v) is 1.68. The third kappa shape index (κ3) is 5.14. The topological polar surface area (TPSA) is 64.4 Å². The van der Waals surface area contributed by atoms with Gasteiger partial charge in [0, 0.05) is 26.2 Å². The zero-order valence-electron chi connectivity index (χ0n) is 9.50. The summed E-state index contributed by atoms with van der Waals surface area (Å²) in [6, 6.07) is 0. The molecule has 0 aromatic carbocycles. The van der Waals surface area contributed by atoms with Gasteiger partial charge in [0.15, 0.2) is 0 Å². The minimum Gasteiger partial charge on any atom is -0.381 e. The number of carbonyl (C=O) groups is 1. The van der Waals surface area contributed by atoms with E-state index >= 15 is 0 Å². The molecular formula is C11H22N2O2. The molecule has 1 unspecified atom stereocenters. The Morgan fingerprint density at radius 1 is 1.53 bits per heavy atom. The Kier molecular flexibility index (Phi) is 5.65. The lowest BCUT2D eigenvalue weighted by Gasteiger charge is -2.22. The van der Waals surface area contributed by atoms with Crippen molar-refractivity contribution in [2.45, 2.75) is 26.2 Å². The number of ether oxygens (including phenoxy) is 1. The highest BCUT2D eigenvalue weighted by Crippen LogP contribution is 2.13. The molecule has 1 amide bonds. The van der Waals surface area contributed by atoms with Crippen molar-refractivity contribution in [3.05, 3.63) is 0 Å². The molecular weight excluding hydrogens is 192 g/mol. The predicted molar refractivity (Wildman–Crippen MR) is 59.4 cm³/mol. The molecule has 0 aromatic heterocycles. The molecule has 4 heteroatoms. The molecule has 1 rings (SSSR count). The normalized spacial score (nSPS) is 19.9. The van der Waals surface area contributed by atoms with Gasteiger partial charge >= 0.3 is 0 Å². The molecule has 0 saturated carbocycles. The molecule has 88 valence electrons. The summed E-state index contributed by atoms with van der Waals surface area (Å²) in [4.78, 5) is 11.5. The van der Waals surface area contributed by atoms with Crippen LogP contribution in [-0.4, -0.2) is 32.2 Å². The van der Waals surface area contributed by atoms with Crippen molar-refractivity contribution in [2.24, 2.45) is 17.6 Å². The van der Waals surface area contributed by atoms with Crippen molar-refractivity contribution in [3.63, 3.8) is 0 Å². The van der Waals surface area contributed by atoms with Gasteiger partial charge in [0.05, 0.1) is 0 Å². The first-order chi connectivity index (χ1) is 7.22. The molecule has 0 aliphatic carbocycles. The van der Waals surface area contributed by atoms with Crippen molar-refractivity contribution in [1.82, 2.24) is 5.32 Å². The average molecular weight is 214 g/mol. The van der Waals surface area contributed by atoms with Gasteiger partial charge in [-0.25, -0.2) is 0 Å². The summed E-state index contributed by atoms with van der Waals surface area (Å²) >= 11 is 0. The van der Waals surface area contributed by atoms with Gasteiger partial charge in [0.2, 0.25) is 5.91 Å². The summed E-state index contributed by atoms with van der Waals surface area (Å²) in [7, 11) is 0. The Morgan fingerprint density at radius 2 is 2.20 bits per heavy atom. The largest absolute Gasteiger partial charge is 0.381 e. The molecule has 1 fully saturated rings.